The predicted molar refractivity (Wildman–Crippen MR) is 81.1 cm³/mol. The van der Waals surface area contributed by atoms with Gasteiger partial charge in [-0.25, -0.2) is 0 Å². The molecule has 0 aromatic heterocycles. The summed E-state index contributed by atoms with van der Waals surface area (Å²) in [5.74, 6) is 1.88. The van der Waals surface area contributed by atoms with Crippen molar-refractivity contribution in [1.82, 2.24) is 10.4 Å². The van der Waals surface area contributed by atoms with Crippen molar-refractivity contribution in [2.45, 2.75) is 32.3 Å². The van der Waals surface area contributed by atoms with Gasteiger partial charge in [-0.05, 0) is 56.2 Å². The maximum Gasteiger partial charge on any atom is 0.0935 e. The molecule has 2 saturated heterocycles. The molecule has 0 radical (unpaired) electrons. The van der Waals surface area contributed by atoms with Gasteiger partial charge in [0.2, 0.25) is 0 Å². The summed E-state index contributed by atoms with van der Waals surface area (Å²) < 4.78 is 0. The molecule has 2 heterocycles. The van der Waals surface area contributed by atoms with Gasteiger partial charge >= 0.3 is 0 Å². The number of rotatable bonds is 4. The Balaban J connectivity index is 1.40. The number of benzene rings is 1. The predicted octanol–water partition coefficient (Wildman–Crippen LogP) is 2.83. The minimum atomic E-state index is 0.707. The zero-order chi connectivity index (χ0) is 13.6. The van der Waals surface area contributed by atoms with Gasteiger partial charge in [-0.1, -0.05) is 30.3 Å². The van der Waals surface area contributed by atoms with E-state index in [4.69, 9.17) is 4.84 Å². The molecule has 0 amide bonds. The lowest BCUT2D eigenvalue weighted by molar-refractivity contribution is -0.186. The van der Waals surface area contributed by atoms with Crippen molar-refractivity contribution in [3.63, 3.8) is 0 Å². The van der Waals surface area contributed by atoms with Gasteiger partial charge < -0.3 is 5.32 Å². The minimum absolute atomic E-state index is 0.707. The van der Waals surface area contributed by atoms with Crippen LogP contribution in [0.1, 0.15) is 31.2 Å². The minimum Gasteiger partial charge on any atom is -0.317 e. The quantitative estimate of drug-likeness (QED) is 0.913. The molecule has 0 spiro atoms. The zero-order valence-electron chi connectivity index (χ0n) is 12.3. The lowest BCUT2D eigenvalue weighted by Gasteiger charge is -2.37. The summed E-state index contributed by atoms with van der Waals surface area (Å²) in [6, 6.07) is 10.4. The molecule has 3 nitrogen and oxygen atoms in total. The summed E-state index contributed by atoms with van der Waals surface area (Å²) in [5, 5.41) is 5.64. The molecular formula is C17H26N2O. The highest BCUT2D eigenvalue weighted by Gasteiger charge is 2.27. The molecule has 2 aliphatic heterocycles. The number of nitrogens with zero attached hydrogens (tertiary/aromatic N) is 1. The Morgan fingerprint density at radius 3 is 2.30 bits per heavy atom. The average Bonchev–Trinajstić information content (AvgIpc) is 2.55. The SMILES string of the molecule is c1ccc(CON2CCC(C3CCNCC3)CC2)cc1. The highest BCUT2D eigenvalue weighted by molar-refractivity contribution is 5.13. The van der Waals surface area contributed by atoms with Gasteiger partial charge in [0.15, 0.2) is 0 Å². The first-order chi connectivity index (χ1) is 9.92. The van der Waals surface area contributed by atoms with Gasteiger partial charge in [0, 0.05) is 13.1 Å². The van der Waals surface area contributed by atoms with Crippen LogP contribution in [0.15, 0.2) is 30.3 Å². The first-order valence-corrected chi connectivity index (χ1v) is 8.04. The van der Waals surface area contributed by atoms with E-state index >= 15 is 0 Å². The molecule has 110 valence electrons. The van der Waals surface area contributed by atoms with Crippen LogP contribution in [-0.2, 0) is 11.4 Å². The Kier molecular flexibility index (Phi) is 5.06. The maximum atomic E-state index is 5.93. The molecule has 0 bridgehead atoms. The van der Waals surface area contributed by atoms with Crippen molar-refractivity contribution >= 4 is 0 Å². The lowest BCUT2D eigenvalue weighted by Crippen LogP contribution is -2.39. The number of hydrogen-bond acceptors (Lipinski definition) is 3. The summed E-state index contributed by atoms with van der Waals surface area (Å²) in [5.41, 5.74) is 1.26. The highest BCUT2D eigenvalue weighted by atomic mass is 16.7. The summed E-state index contributed by atoms with van der Waals surface area (Å²) >= 11 is 0. The Morgan fingerprint density at radius 2 is 1.60 bits per heavy atom. The topological polar surface area (TPSA) is 24.5 Å². The lowest BCUT2D eigenvalue weighted by atomic mass is 9.79. The van der Waals surface area contributed by atoms with Gasteiger partial charge in [0.25, 0.3) is 0 Å². The molecule has 3 rings (SSSR count). The molecule has 1 N–H and O–H groups in total. The van der Waals surface area contributed by atoms with Gasteiger partial charge in [-0.2, -0.15) is 5.06 Å². The summed E-state index contributed by atoms with van der Waals surface area (Å²) in [6.07, 6.45) is 5.35. The van der Waals surface area contributed by atoms with Crippen LogP contribution < -0.4 is 5.32 Å². The van der Waals surface area contributed by atoms with Crippen molar-refractivity contribution in [2.24, 2.45) is 11.8 Å². The van der Waals surface area contributed by atoms with E-state index in [1.165, 1.54) is 44.3 Å². The van der Waals surface area contributed by atoms with E-state index in [9.17, 15) is 0 Å². The van der Waals surface area contributed by atoms with E-state index in [1.807, 2.05) is 6.07 Å². The van der Waals surface area contributed by atoms with Crippen molar-refractivity contribution in [3.8, 4) is 0 Å². The van der Waals surface area contributed by atoms with Crippen LogP contribution in [0.3, 0.4) is 0 Å². The Hall–Kier alpha value is -0.900. The van der Waals surface area contributed by atoms with Crippen LogP contribution in [0.2, 0.25) is 0 Å². The van der Waals surface area contributed by atoms with E-state index < -0.39 is 0 Å². The number of hydrogen-bond donors (Lipinski definition) is 1. The first-order valence-electron chi connectivity index (χ1n) is 8.04. The fourth-order valence-electron chi connectivity index (χ4n) is 3.53. The largest absolute Gasteiger partial charge is 0.317 e. The third-order valence-corrected chi connectivity index (χ3v) is 4.81. The number of piperidine rings is 2. The van der Waals surface area contributed by atoms with Crippen LogP contribution in [-0.4, -0.2) is 31.2 Å². The van der Waals surface area contributed by atoms with Crippen molar-refractivity contribution < 1.29 is 4.84 Å². The Labute approximate surface area is 122 Å². The van der Waals surface area contributed by atoms with Crippen LogP contribution in [0.4, 0.5) is 0 Å². The van der Waals surface area contributed by atoms with Crippen LogP contribution in [0.25, 0.3) is 0 Å². The van der Waals surface area contributed by atoms with Gasteiger partial charge in [0.05, 0.1) is 6.61 Å². The summed E-state index contributed by atoms with van der Waals surface area (Å²) in [4.78, 5) is 5.93. The van der Waals surface area contributed by atoms with E-state index in [2.05, 4.69) is 34.6 Å². The molecule has 0 atom stereocenters. The summed E-state index contributed by atoms with van der Waals surface area (Å²) in [7, 11) is 0. The molecule has 0 aliphatic carbocycles. The monoisotopic (exact) mass is 274 g/mol. The molecule has 3 heteroatoms. The normalized spacial score (nSPS) is 23.0. The zero-order valence-corrected chi connectivity index (χ0v) is 12.3. The number of nitrogens with one attached hydrogen (secondary N) is 1. The molecule has 0 saturated carbocycles. The number of hydroxylamine groups is 2. The molecule has 2 aliphatic rings. The van der Waals surface area contributed by atoms with Crippen molar-refractivity contribution in [2.75, 3.05) is 26.2 Å². The van der Waals surface area contributed by atoms with E-state index in [0.29, 0.717) is 6.61 Å². The van der Waals surface area contributed by atoms with Gasteiger partial charge in [0.1, 0.15) is 0 Å². The van der Waals surface area contributed by atoms with E-state index in [-0.39, 0.29) is 0 Å². The van der Waals surface area contributed by atoms with Crippen LogP contribution in [0.5, 0.6) is 0 Å². The van der Waals surface area contributed by atoms with Gasteiger partial charge in [-0.15, -0.1) is 0 Å². The second kappa shape index (κ2) is 7.21. The first kappa shape index (κ1) is 14.1. The summed E-state index contributed by atoms with van der Waals surface area (Å²) in [6.45, 7) is 5.34. The van der Waals surface area contributed by atoms with Crippen molar-refractivity contribution in [3.05, 3.63) is 35.9 Å². The fraction of sp³-hybridized carbons (Fsp3) is 0.647. The maximum absolute atomic E-state index is 5.93. The smallest absolute Gasteiger partial charge is 0.0935 e. The molecular weight excluding hydrogens is 248 g/mol. The Bertz CT molecular complexity index is 381. The molecule has 0 unspecified atom stereocenters. The third-order valence-electron chi connectivity index (χ3n) is 4.81. The second-order valence-corrected chi connectivity index (χ2v) is 6.11. The highest BCUT2D eigenvalue weighted by Crippen LogP contribution is 2.30. The standard InChI is InChI=1S/C17H26N2O/c1-2-4-15(5-3-1)14-20-19-12-8-17(9-13-19)16-6-10-18-11-7-16/h1-5,16-18H,6-14H2. The molecule has 20 heavy (non-hydrogen) atoms. The fourth-order valence-corrected chi connectivity index (χ4v) is 3.53. The second-order valence-electron chi connectivity index (χ2n) is 6.11. The van der Waals surface area contributed by atoms with E-state index in [1.54, 1.807) is 0 Å². The van der Waals surface area contributed by atoms with Gasteiger partial charge in [-0.3, -0.25) is 4.84 Å². The third kappa shape index (κ3) is 3.81. The molecule has 1 aromatic carbocycles. The van der Waals surface area contributed by atoms with Crippen LogP contribution in [0, 0.1) is 11.8 Å². The Morgan fingerprint density at radius 1 is 0.950 bits per heavy atom. The molecule has 1 aromatic rings. The average molecular weight is 274 g/mol. The molecule has 2 fully saturated rings. The van der Waals surface area contributed by atoms with E-state index in [0.717, 1.165) is 24.9 Å². The van der Waals surface area contributed by atoms with Crippen molar-refractivity contribution in [1.29, 1.82) is 0 Å². The van der Waals surface area contributed by atoms with Crippen LogP contribution >= 0.6 is 0 Å².